The molecule has 1 aliphatic rings. The van der Waals surface area contributed by atoms with Gasteiger partial charge in [0, 0.05) is 29.1 Å². The Balaban J connectivity index is 1.79. The van der Waals surface area contributed by atoms with Gasteiger partial charge in [-0.15, -0.1) is 11.6 Å². The molecule has 1 N–H and O–H groups in total. The normalized spacial score (nSPS) is 15.7. The zero-order valence-electron chi connectivity index (χ0n) is 17.6. The Kier molecular flexibility index (Phi) is 5.83. The summed E-state index contributed by atoms with van der Waals surface area (Å²) in [5, 5.41) is 9.46. The molecule has 0 spiro atoms. The van der Waals surface area contributed by atoms with Crippen molar-refractivity contribution in [1.29, 1.82) is 0 Å². The van der Waals surface area contributed by atoms with E-state index in [1.807, 2.05) is 6.92 Å². The fraction of sp³-hybridized carbons (Fsp3) is 0.458. The van der Waals surface area contributed by atoms with Crippen molar-refractivity contribution in [1.82, 2.24) is 14.5 Å². The molecule has 3 aromatic rings. The van der Waals surface area contributed by atoms with Crippen molar-refractivity contribution in [3.63, 3.8) is 0 Å². The number of fused-ring (bicyclic) bond motifs is 1. The van der Waals surface area contributed by atoms with Crippen LogP contribution in [0.3, 0.4) is 0 Å². The van der Waals surface area contributed by atoms with Crippen molar-refractivity contribution >= 4 is 28.7 Å². The van der Waals surface area contributed by atoms with Crippen molar-refractivity contribution in [3.8, 4) is 5.69 Å². The molecule has 0 saturated heterocycles. The van der Waals surface area contributed by atoms with Crippen LogP contribution in [0.5, 0.6) is 0 Å². The molecule has 5 nitrogen and oxygen atoms in total. The molecule has 158 valence electrons. The summed E-state index contributed by atoms with van der Waals surface area (Å²) in [5.74, 6) is 0.825. The fourth-order valence-electron chi connectivity index (χ4n) is 4.94. The van der Waals surface area contributed by atoms with E-state index in [4.69, 9.17) is 21.6 Å². The van der Waals surface area contributed by atoms with Crippen LogP contribution in [0.4, 0.5) is 0 Å². The number of hydrogen-bond acceptors (Lipinski definition) is 3. The van der Waals surface area contributed by atoms with Crippen LogP contribution in [0, 0.1) is 13.8 Å². The van der Waals surface area contributed by atoms with E-state index in [1.165, 1.54) is 0 Å². The lowest BCUT2D eigenvalue weighted by atomic mass is 9.76. The molecule has 4 rings (SSSR count). The zero-order chi connectivity index (χ0) is 21.3. The molecule has 1 aliphatic carbocycles. The summed E-state index contributed by atoms with van der Waals surface area (Å²) in [6.45, 7) is 4.07. The highest BCUT2D eigenvalue weighted by molar-refractivity contribution is 6.17. The lowest BCUT2D eigenvalue weighted by Crippen LogP contribution is -2.25. The van der Waals surface area contributed by atoms with Gasteiger partial charge in [-0.2, -0.15) is 0 Å². The molecule has 30 heavy (non-hydrogen) atoms. The van der Waals surface area contributed by atoms with E-state index < -0.39 is 5.97 Å². The minimum Gasteiger partial charge on any atom is -0.481 e. The van der Waals surface area contributed by atoms with Crippen molar-refractivity contribution in [2.75, 3.05) is 5.88 Å². The third kappa shape index (κ3) is 3.83. The second-order valence-electron chi connectivity index (χ2n) is 8.51. The number of halogens is 1. The van der Waals surface area contributed by atoms with Crippen LogP contribution in [0.15, 0.2) is 30.3 Å². The second-order valence-corrected chi connectivity index (χ2v) is 8.89. The number of carboxylic acids is 1. The van der Waals surface area contributed by atoms with Crippen LogP contribution in [-0.4, -0.2) is 31.5 Å². The van der Waals surface area contributed by atoms with Gasteiger partial charge in [-0.05, 0) is 62.4 Å². The van der Waals surface area contributed by atoms with Gasteiger partial charge in [0.15, 0.2) is 5.65 Å². The summed E-state index contributed by atoms with van der Waals surface area (Å²) in [6.07, 6.45) is 5.88. The second kappa shape index (κ2) is 8.38. The van der Waals surface area contributed by atoms with Crippen LogP contribution < -0.4 is 0 Å². The molecule has 1 fully saturated rings. The lowest BCUT2D eigenvalue weighted by molar-refractivity contribution is -0.138. The van der Waals surface area contributed by atoms with Gasteiger partial charge in [0.2, 0.25) is 0 Å². The van der Waals surface area contributed by atoms with E-state index >= 15 is 0 Å². The van der Waals surface area contributed by atoms with Gasteiger partial charge in [-0.3, -0.25) is 9.36 Å². The average Bonchev–Trinajstić information content (AvgIpc) is 3.31. The molecule has 1 aromatic carbocycles. The molecule has 0 atom stereocenters. The number of carbonyl (C=O) groups is 1. The summed E-state index contributed by atoms with van der Waals surface area (Å²) < 4.78 is 2.13. The molecule has 0 amide bonds. The Morgan fingerprint density at radius 2 is 1.87 bits per heavy atom. The Morgan fingerprint density at radius 1 is 1.17 bits per heavy atom. The number of hydrogen-bond donors (Lipinski definition) is 1. The van der Waals surface area contributed by atoms with E-state index in [9.17, 15) is 9.90 Å². The first-order valence-electron chi connectivity index (χ1n) is 10.7. The highest BCUT2D eigenvalue weighted by atomic mass is 35.5. The molecule has 0 unspecified atom stereocenters. The topological polar surface area (TPSA) is 68.0 Å². The molecule has 2 aromatic heterocycles. The SMILES string of the molecule is Cc1cc(C)c2nc(CCCCl)n(-c3ccc(C4(CC(=O)O)CCCC4)cc3)c2n1. The predicted molar refractivity (Wildman–Crippen MR) is 120 cm³/mol. The number of aliphatic carboxylic acids is 1. The molecule has 0 radical (unpaired) electrons. The smallest absolute Gasteiger partial charge is 0.304 e. The Morgan fingerprint density at radius 3 is 2.50 bits per heavy atom. The maximum atomic E-state index is 11.5. The number of nitrogens with zero attached hydrogens (tertiary/aromatic N) is 3. The summed E-state index contributed by atoms with van der Waals surface area (Å²) >= 11 is 5.95. The molecule has 2 heterocycles. The number of alkyl halides is 1. The monoisotopic (exact) mass is 425 g/mol. The number of benzene rings is 1. The first kappa shape index (κ1) is 20.9. The molecule has 1 saturated carbocycles. The third-order valence-electron chi connectivity index (χ3n) is 6.33. The molecule has 0 aliphatic heterocycles. The summed E-state index contributed by atoms with van der Waals surface area (Å²) in [5.41, 5.74) is 5.76. The Labute approximate surface area is 182 Å². The van der Waals surface area contributed by atoms with Gasteiger partial charge in [0.1, 0.15) is 11.3 Å². The van der Waals surface area contributed by atoms with E-state index in [2.05, 4.69) is 41.8 Å². The summed E-state index contributed by atoms with van der Waals surface area (Å²) in [7, 11) is 0. The van der Waals surface area contributed by atoms with E-state index in [-0.39, 0.29) is 11.8 Å². The number of imidazole rings is 1. The van der Waals surface area contributed by atoms with Crippen LogP contribution >= 0.6 is 11.6 Å². The predicted octanol–water partition coefficient (Wildman–Crippen LogP) is 5.50. The van der Waals surface area contributed by atoms with Gasteiger partial charge in [-0.25, -0.2) is 9.97 Å². The van der Waals surface area contributed by atoms with Crippen molar-refractivity contribution in [2.45, 2.75) is 64.2 Å². The van der Waals surface area contributed by atoms with Gasteiger partial charge < -0.3 is 5.11 Å². The van der Waals surface area contributed by atoms with Crippen LogP contribution in [0.25, 0.3) is 16.9 Å². The van der Waals surface area contributed by atoms with Crippen molar-refractivity contribution < 1.29 is 9.90 Å². The fourth-order valence-corrected chi connectivity index (χ4v) is 5.08. The third-order valence-corrected chi connectivity index (χ3v) is 6.59. The summed E-state index contributed by atoms with van der Waals surface area (Å²) in [4.78, 5) is 21.2. The standard InChI is InChI=1S/C24H28ClN3O2/c1-16-14-17(2)26-23-22(16)27-20(6-5-13-25)28(23)19-9-7-18(8-10-19)24(15-21(29)30)11-3-4-12-24/h7-10,14H,3-6,11-13,15H2,1-2H3,(H,29,30). The number of rotatable bonds is 7. The molecule has 0 bridgehead atoms. The van der Waals surface area contributed by atoms with Gasteiger partial charge in [-0.1, -0.05) is 25.0 Å². The molecule has 6 heteroatoms. The largest absolute Gasteiger partial charge is 0.481 e. The van der Waals surface area contributed by atoms with Crippen molar-refractivity contribution in [3.05, 3.63) is 53.0 Å². The maximum absolute atomic E-state index is 11.5. The molecular formula is C24H28ClN3O2. The van der Waals surface area contributed by atoms with Gasteiger partial charge >= 0.3 is 5.97 Å². The van der Waals surface area contributed by atoms with Crippen LogP contribution in [0.2, 0.25) is 0 Å². The van der Waals surface area contributed by atoms with E-state index in [1.54, 1.807) is 0 Å². The quantitative estimate of drug-likeness (QED) is 0.508. The zero-order valence-corrected chi connectivity index (χ0v) is 18.4. The number of pyridine rings is 1. The van der Waals surface area contributed by atoms with E-state index in [0.29, 0.717) is 5.88 Å². The summed E-state index contributed by atoms with van der Waals surface area (Å²) in [6, 6.07) is 10.4. The van der Waals surface area contributed by atoms with E-state index in [0.717, 1.165) is 78.0 Å². The minimum absolute atomic E-state index is 0.196. The van der Waals surface area contributed by atoms with Crippen LogP contribution in [0.1, 0.15) is 61.2 Å². The highest BCUT2D eigenvalue weighted by Crippen LogP contribution is 2.44. The first-order chi connectivity index (χ1) is 14.4. The Bertz CT molecular complexity index is 1070. The number of aromatic nitrogens is 3. The van der Waals surface area contributed by atoms with Gasteiger partial charge in [0.05, 0.1) is 6.42 Å². The Hall–Kier alpha value is -2.40. The molecular weight excluding hydrogens is 398 g/mol. The highest BCUT2D eigenvalue weighted by Gasteiger charge is 2.37. The average molecular weight is 426 g/mol. The number of carboxylic acid groups (broad SMARTS) is 1. The lowest BCUT2D eigenvalue weighted by Gasteiger charge is -2.28. The minimum atomic E-state index is -0.722. The number of aryl methyl sites for hydroxylation is 3. The first-order valence-corrected chi connectivity index (χ1v) is 11.2. The van der Waals surface area contributed by atoms with Crippen molar-refractivity contribution in [2.24, 2.45) is 0 Å². The van der Waals surface area contributed by atoms with Gasteiger partial charge in [0.25, 0.3) is 0 Å². The maximum Gasteiger partial charge on any atom is 0.304 e. The van der Waals surface area contributed by atoms with Crippen LogP contribution in [-0.2, 0) is 16.6 Å².